The summed E-state index contributed by atoms with van der Waals surface area (Å²) >= 11 is 0. The van der Waals surface area contributed by atoms with Gasteiger partial charge in [-0.05, 0) is 25.8 Å². The van der Waals surface area contributed by atoms with Crippen molar-refractivity contribution in [1.29, 1.82) is 0 Å². The van der Waals surface area contributed by atoms with Crippen LogP contribution in [0.3, 0.4) is 0 Å². The van der Waals surface area contributed by atoms with Crippen molar-refractivity contribution in [2.75, 3.05) is 0 Å². The summed E-state index contributed by atoms with van der Waals surface area (Å²) in [4.78, 5) is 47.3. The van der Waals surface area contributed by atoms with E-state index in [1.807, 2.05) is 0 Å². The van der Waals surface area contributed by atoms with Gasteiger partial charge in [0, 0.05) is 17.8 Å². The van der Waals surface area contributed by atoms with E-state index in [0.717, 1.165) is 10.7 Å². The molecule has 0 radical (unpaired) electrons. The maximum atomic E-state index is 12.7. The zero-order chi connectivity index (χ0) is 20.5. The SMILES string of the molecule is Cc1cc(=O)c(C(=O)NC2(C(=O)O)CCCC2)nn1-c1ccccc1[N+](=O)[O-]. The molecule has 28 heavy (non-hydrogen) atoms. The number of aliphatic carboxylic acids is 1. The number of rotatable bonds is 5. The number of para-hydroxylation sites is 2. The Morgan fingerprint density at radius 1 is 1.29 bits per heavy atom. The molecular weight excluding hydrogens is 368 g/mol. The first-order chi connectivity index (χ1) is 13.2. The quantitative estimate of drug-likeness (QED) is 0.586. The average Bonchev–Trinajstić information content (AvgIpc) is 3.11. The fourth-order valence-corrected chi connectivity index (χ4v) is 3.39. The summed E-state index contributed by atoms with van der Waals surface area (Å²) in [5.41, 5.74) is -2.50. The first-order valence-corrected chi connectivity index (χ1v) is 8.66. The molecule has 2 aromatic rings. The average molecular weight is 386 g/mol. The molecule has 1 heterocycles. The number of hydrogen-bond donors (Lipinski definition) is 2. The number of hydrogen-bond acceptors (Lipinski definition) is 6. The Kier molecular flexibility index (Phi) is 4.95. The number of amides is 1. The minimum absolute atomic E-state index is 0.0906. The number of nitrogens with zero attached hydrogens (tertiary/aromatic N) is 3. The van der Waals surface area contributed by atoms with Gasteiger partial charge >= 0.3 is 5.97 Å². The molecule has 1 aliphatic carbocycles. The Balaban J connectivity index is 2.06. The fourth-order valence-electron chi connectivity index (χ4n) is 3.39. The number of nitrogens with one attached hydrogen (secondary N) is 1. The maximum Gasteiger partial charge on any atom is 0.329 e. The molecule has 10 heteroatoms. The molecule has 0 atom stereocenters. The van der Waals surface area contributed by atoms with E-state index in [1.165, 1.54) is 25.1 Å². The third-order valence-electron chi connectivity index (χ3n) is 4.85. The summed E-state index contributed by atoms with van der Waals surface area (Å²) in [7, 11) is 0. The van der Waals surface area contributed by atoms with Crippen molar-refractivity contribution in [2.45, 2.75) is 38.1 Å². The van der Waals surface area contributed by atoms with E-state index in [9.17, 15) is 29.6 Å². The van der Waals surface area contributed by atoms with Crippen LogP contribution >= 0.6 is 0 Å². The monoisotopic (exact) mass is 386 g/mol. The number of nitro groups is 1. The Hall–Kier alpha value is -3.56. The van der Waals surface area contributed by atoms with Crippen LogP contribution in [0.5, 0.6) is 0 Å². The molecule has 1 saturated carbocycles. The second kappa shape index (κ2) is 7.22. The summed E-state index contributed by atoms with van der Waals surface area (Å²) in [6, 6.07) is 6.93. The van der Waals surface area contributed by atoms with Gasteiger partial charge in [0.25, 0.3) is 11.6 Å². The summed E-state index contributed by atoms with van der Waals surface area (Å²) in [6.45, 7) is 1.53. The second-order valence-electron chi connectivity index (χ2n) is 6.70. The second-order valence-corrected chi connectivity index (χ2v) is 6.70. The number of nitro benzene ring substituents is 1. The van der Waals surface area contributed by atoms with Crippen LogP contribution in [0.2, 0.25) is 0 Å². The zero-order valence-electron chi connectivity index (χ0n) is 15.0. The van der Waals surface area contributed by atoms with Crippen molar-refractivity contribution in [3.8, 4) is 5.69 Å². The topological polar surface area (TPSA) is 144 Å². The molecule has 3 rings (SSSR count). The Bertz CT molecular complexity index is 1020. The molecule has 1 amide bonds. The number of carboxylic acids is 1. The van der Waals surface area contributed by atoms with E-state index in [4.69, 9.17) is 0 Å². The number of benzene rings is 1. The molecule has 146 valence electrons. The molecule has 1 fully saturated rings. The highest BCUT2D eigenvalue weighted by atomic mass is 16.6. The van der Waals surface area contributed by atoms with Crippen LogP contribution in [-0.4, -0.2) is 37.2 Å². The van der Waals surface area contributed by atoms with Crippen LogP contribution in [0.15, 0.2) is 35.1 Å². The largest absolute Gasteiger partial charge is 0.480 e. The smallest absolute Gasteiger partial charge is 0.329 e. The molecule has 0 unspecified atom stereocenters. The van der Waals surface area contributed by atoms with E-state index >= 15 is 0 Å². The lowest BCUT2D eigenvalue weighted by Gasteiger charge is -2.25. The van der Waals surface area contributed by atoms with Crippen molar-refractivity contribution in [3.63, 3.8) is 0 Å². The van der Waals surface area contributed by atoms with Crippen molar-refractivity contribution < 1.29 is 19.6 Å². The molecule has 0 bridgehead atoms. The van der Waals surface area contributed by atoms with Gasteiger partial charge in [-0.2, -0.15) is 5.10 Å². The number of aryl methyl sites for hydroxylation is 1. The van der Waals surface area contributed by atoms with Crippen LogP contribution < -0.4 is 10.7 Å². The van der Waals surface area contributed by atoms with E-state index in [2.05, 4.69) is 10.4 Å². The van der Waals surface area contributed by atoms with Crippen LogP contribution in [0.1, 0.15) is 41.9 Å². The summed E-state index contributed by atoms with van der Waals surface area (Å²) in [6.07, 6.45) is 1.82. The van der Waals surface area contributed by atoms with Crippen molar-refractivity contribution in [1.82, 2.24) is 15.1 Å². The highest BCUT2D eigenvalue weighted by molar-refractivity contribution is 5.96. The number of carboxylic acid groups (broad SMARTS) is 1. The molecule has 1 aromatic heterocycles. The van der Waals surface area contributed by atoms with E-state index in [-0.39, 0.29) is 24.2 Å². The Morgan fingerprint density at radius 2 is 1.93 bits per heavy atom. The van der Waals surface area contributed by atoms with Gasteiger partial charge in [0.15, 0.2) is 5.69 Å². The zero-order valence-corrected chi connectivity index (χ0v) is 15.0. The predicted molar refractivity (Wildman–Crippen MR) is 97.5 cm³/mol. The van der Waals surface area contributed by atoms with Crippen LogP contribution in [0.25, 0.3) is 5.69 Å². The number of carbonyl (C=O) groups excluding carboxylic acids is 1. The predicted octanol–water partition coefficient (Wildman–Crippen LogP) is 1.58. The van der Waals surface area contributed by atoms with Gasteiger partial charge in [0.1, 0.15) is 11.2 Å². The molecule has 0 saturated heterocycles. The van der Waals surface area contributed by atoms with Gasteiger partial charge in [0.2, 0.25) is 5.43 Å². The molecule has 0 spiro atoms. The molecule has 10 nitrogen and oxygen atoms in total. The van der Waals surface area contributed by atoms with Gasteiger partial charge in [-0.25, -0.2) is 9.48 Å². The lowest BCUT2D eigenvalue weighted by Crippen LogP contribution is -2.53. The lowest BCUT2D eigenvalue weighted by atomic mass is 9.97. The lowest BCUT2D eigenvalue weighted by molar-refractivity contribution is -0.384. The van der Waals surface area contributed by atoms with Crippen LogP contribution in [0.4, 0.5) is 5.69 Å². The first kappa shape index (κ1) is 19.2. The molecule has 1 aromatic carbocycles. The van der Waals surface area contributed by atoms with Gasteiger partial charge in [-0.1, -0.05) is 25.0 Å². The number of carbonyl (C=O) groups is 2. The van der Waals surface area contributed by atoms with Crippen molar-refractivity contribution >= 4 is 17.6 Å². The Labute approximate surface area is 159 Å². The van der Waals surface area contributed by atoms with E-state index < -0.39 is 33.5 Å². The first-order valence-electron chi connectivity index (χ1n) is 8.66. The maximum absolute atomic E-state index is 12.7. The van der Waals surface area contributed by atoms with Crippen molar-refractivity contribution in [3.05, 3.63) is 62.1 Å². The van der Waals surface area contributed by atoms with Gasteiger partial charge in [-0.15, -0.1) is 0 Å². The highest BCUT2D eigenvalue weighted by Crippen LogP contribution is 2.30. The molecule has 0 aliphatic heterocycles. The molecule has 2 N–H and O–H groups in total. The van der Waals surface area contributed by atoms with Gasteiger partial charge < -0.3 is 10.4 Å². The minimum atomic E-state index is -1.43. The Morgan fingerprint density at radius 3 is 2.54 bits per heavy atom. The van der Waals surface area contributed by atoms with Gasteiger partial charge in [-0.3, -0.25) is 19.7 Å². The minimum Gasteiger partial charge on any atom is -0.480 e. The van der Waals surface area contributed by atoms with Crippen molar-refractivity contribution in [2.24, 2.45) is 0 Å². The standard InChI is InChI=1S/C18H18N4O6/c1-11-10-14(23)15(16(24)19-18(17(25)26)8-4-5-9-18)20-21(11)12-6-2-3-7-13(12)22(27)28/h2-3,6-7,10H,4-5,8-9H2,1H3,(H,19,24)(H,25,26). The van der Waals surface area contributed by atoms with Crippen LogP contribution in [0, 0.1) is 17.0 Å². The summed E-state index contributed by atoms with van der Waals surface area (Å²) in [5.74, 6) is -2.08. The highest BCUT2D eigenvalue weighted by Gasteiger charge is 2.43. The number of aromatic nitrogens is 2. The van der Waals surface area contributed by atoms with E-state index in [1.54, 1.807) is 6.07 Å². The van der Waals surface area contributed by atoms with E-state index in [0.29, 0.717) is 18.5 Å². The normalized spacial score (nSPS) is 15.2. The van der Waals surface area contributed by atoms with Crippen LogP contribution in [-0.2, 0) is 4.79 Å². The third-order valence-corrected chi connectivity index (χ3v) is 4.85. The third kappa shape index (κ3) is 3.36. The molecule has 1 aliphatic rings. The fraction of sp³-hybridized carbons (Fsp3) is 0.333. The summed E-state index contributed by atoms with van der Waals surface area (Å²) in [5, 5.41) is 27.3. The molecular formula is C18H18N4O6. The van der Waals surface area contributed by atoms with Gasteiger partial charge in [0.05, 0.1) is 4.92 Å². The summed E-state index contributed by atoms with van der Waals surface area (Å²) < 4.78 is 1.14.